The predicted molar refractivity (Wildman–Crippen MR) is 114 cm³/mol. The monoisotopic (exact) mass is 477 g/mol. The summed E-state index contributed by atoms with van der Waals surface area (Å²) in [4.78, 5) is 40.9. The van der Waals surface area contributed by atoms with Crippen LogP contribution >= 0.6 is 27.5 Å². The van der Waals surface area contributed by atoms with E-state index in [0.29, 0.717) is 23.6 Å². The van der Waals surface area contributed by atoms with Crippen LogP contribution in [0, 0.1) is 0 Å². The molecule has 3 rings (SSSR count). The maximum atomic E-state index is 13.2. The highest BCUT2D eigenvalue weighted by Gasteiger charge is 2.51. The summed E-state index contributed by atoms with van der Waals surface area (Å²) in [6.45, 7) is 1.86. The van der Waals surface area contributed by atoms with Gasteiger partial charge in [-0.2, -0.15) is 0 Å². The number of rotatable bonds is 6. The fourth-order valence-corrected chi connectivity index (χ4v) is 3.91. The quantitative estimate of drug-likeness (QED) is 0.640. The number of carbonyl (C=O) groups excluding carboxylic acids is 3. The molecule has 1 N–H and O–H groups in total. The SMILES string of the molecule is CC[C@@]1(c2ccc(Cl)cc2)NC(=O)N(CC(=O)N(C)Cc2ccccc2Br)C1=O. The molecule has 1 atom stereocenters. The molecule has 1 aliphatic heterocycles. The van der Waals surface area contributed by atoms with Crippen LogP contribution in [0.1, 0.15) is 24.5 Å². The summed E-state index contributed by atoms with van der Waals surface area (Å²) < 4.78 is 0.891. The molecule has 0 unspecified atom stereocenters. The average Bonchev–Trinajstić information content (AvgIpc) is 2.95. The minimum atomic E-state index is -1.19. The van der Waals surface area contributed by atoms with Gasteiger partial charge in [0.1, 0.15) is 12.1 Å². The molecule has 0 bridgehead atoms. The Kier molecular flexibility index (Phi) is 6.29. The molecule has 0 spiro atoms. The van der Waals surface area contributed by atoms with E-state index in [1.54, 1.807) is 31.3 Å². The zero-order valence-electron chi connectivity index (χ0n) is 16.1. The normalized spacial score (nSPS) is 18.7. The minimum Gasteiger partial charge on any atom is -0.340 e. The van der Waals surface area contributed by atoms with E-state index in [2.05, 4.69) is 21.2 Å². The van der Waals surface area contributed by atoms with E-state index in [1.165, 1.54) is 4.90 Å². The third-order valence-electron chi connectivity index (χ3n) is 5.13. The number of carbonyl (C=O) groups is 3. The number of imide groups is 1. The lowest BCUT2D eigenvalue weighted by atomic mass is 9.87. The first-order valence-corrected chi connectivity index (χ1v) is 10.3. The van der Waals surface area contributed by atoms with Crippen molar-refractivity contribution in [2.24, 2.45) is 0 Å². The van der Waals surface area contributed by atoms with Gasteiger partial charge in [0, 0.05) is 23.1 Å². The first-order chi connectivity index (χ1) is 13.8. The number of hydrogen-bond donors (Lipinski definition) is 1. The van der Waals surface area contributed by atoms with Crippen molar-refractivity contribution in [3.05, 3.63) is 69.2 Å². The van der Waals surface area contributed by atoms with Crippen molar-refractivity contribution in [1.82, 2.24) is 15.1 Å². The Labute approximate surface area is 182 Å². The second-order valence-electron chi connectivity index (χ2n) is 6.93. The molecule has 1 heterocycles. The van der Waals surface area contributed by atoms with Crippen molar-refractivity contribution in [3.8, 4) is 0 Å². The third-order valence-corrected chi connectivity index (χ3v) is 6.15. The number of hydrogen-bond acceptors (Lipinski definition) is 3. The van der Waals surface area contributed by atoms with Crippen LogP contribution in [0.3, 0.4) is 0 Å². The third kappa shape index (κ3) is 4.16. The molecule has 29 heavy (non-hydrogen) atoms. The van der Waals surface area contributed by atoms with Crippen LogP contribution in [0.5, 0.6) is 0 Å². The Morgan fingerprint density at radius 1 is 1.17 bits per heavy atom. The van der Waals surface area contributed by atoms with E-state index in [4.69, 9.17) is 11.6 Å². The highest BCUT2D eigenvalue weighted by atomic mass is 79.9. The molecule has 0 aromatic heterocycles. The molecule has 6 nitrogen and oxygen atoms in total. The molecule has 0 aliphatic carbocycles. The second kappa shape index (κ2) is 8.55. The lowest BCUT2D eigenvalue weighted by Crippen LogP contribution is -2.45. The van der Waals surface area contributed by atoms with E-state index >= 15 is 0 Å². The summed E-state index contributed by atoms with van der Waals surface area (Å²) in [6, 6.07) is 13.8. The van der Waals surface area contributed by atoms with E-state index in [-0.39, 0.29) is 12.5 Å². The van der Waals surface area contributed by atoms with E-state index in [0.717, 1.165) is 14.9 Å². The van der Waals surface area contributed by atoms with Gasteiger partial charge in [0.05, 0.1) is 0 Å². The van der Waals surface area contributed by atoms with E-state index < -0.39 is 17.5 Å². The van der Waals surface area contributed by atoms with Gasteiger partial charge in [0.25, 0.3) is 5.91 Å². The van der Waals surface area contributed by atoms with Crippen LogP contribution in [-0.2, 0) is 21.7 Å². The van der Waals surface area contributed by atoms with Crippen LogP contribution in [0.25, 0.3) is 0 Å². The fraction of sp³-hybridized carbons (Fsp3) is 0.286. The smallest absolute Gasteiger partial charge is 0.325 e. The Bertz CT molecular complexity index is 950. The molecule has 152 valence electrons. The number of nitrogens with one attached hydrogen (secondary N) is 1. The second-order valence-corrected chi connectivity index (χ2v) is 8.22. The van der Waals surface area contributed by atoms with Crippen LogP contribution < -0.4 is 5.32 Å². The van der Waals surface area contributed by atoms with Gasteiger partial charge in [-0.3, -0.25) is 14.5 Å². The van der Waals surface area contributed by atoms with Gasteiger partial charge in [0.15, 0.2) is 0 Å². The average molecular weight is 479 g/mol. The van der Waals surface area contributed by atoms with Crippen LogP contribution in [-0.4, -0.2) is 41.2 Å². The number of amides is 4. The number of urea groups is 1. The lowest BCUT2D eigenvalue weighted by Gasteiger charge is -2.26. The summed E-state index contributed by atoms with van der Waals surface area (Å²) in [7, 11) is 1.65. The maximum Gasteiger partial charge on any atom is 0.325 e. The molecule has 2 aromatic carbocycles. The highest BCUT2D eigenvalue weighted by Crippen LogP contribution is 2.33. The van der Waals surface area contributed by atoms with Gasteiger partial charge >= 0.3 is 6.03 Å². The number of likely N-dealkylation sites (N-methyl/N-ethyl adjacent to an activating group) is 1. The molecule has 2 aromatic rings. The molecule has 4 amide bonds. The lowest BCUT2D eigenvalue weighted by molar-refractivity contribution is -0.138. The van der Waals surface area contributed by atoms with Gasteiger partial charge in [-0.1, -0.05) is 64.8 Å². The maximum absolute atomic E-state index is 13.2. The summed E-state index contributed by atoms with van der Waals surface area (Å²) in [6.07, 6.45) is 0.358. The summed E-state index contributed by atoms with van der Waals surface area (Å²) in [5.74, 6) is -0.762. The van der Waals surface area contributed by atoms with Crippen molar-refractivity contribution in [3.63, 3.8) is 0 Å². The highest BCUT2D eigenvalue weighted by molar-refractivity contribution is 9.10. The summed E-state index contributed by atoms with van der Waals surface area (Å²) >= 11 is 9.41. The molecular formula is C21H21BrClN3O3. The Morgan fingerprint density at radius 3 is 2.45 bits per heavy atom. The molecule has 8 heteroatoms. The summed E-state index contributed by atoms with van der Waals surface area (Å²) in [5.41, 5.74) is 0.382. The van der Waals surface area contributed by atoms with Gasteiger partial charge in [-0.15, -0.1) is 0 Å². The first kappa shape index (κ1) is 21.3. The zero-order valence-corrected chi connectivity index (χ0v) is 18.5. The van der Waals surface area contributed by atoms with E-state index in [9.17, 15) is 14.4 Å². The minimum absolute atomic E-state index is 0.318. The first-order valence-electron chi connectivity index (χ1n) is 9.16. The van der Waals surface area contributed by atoms with Crippen molar-refractivity contribution in [2.45, 2.75) is 25.4 Å². The topological polar surface area (TPSA) is 69.7 Å². The standard InChI is InChI=1S/C21H21BrClN3O3/c1-3-21(15-8-10-16(23)11-9-15)19(28)26(20(29)24-21)13-18(27)25(2)12-14-6-4-5-7-17(14)22/h4-11H,3,12-13H2,1-2H3,(H,24,29)/t21-/m0/s1. The summed E-state index contributed by atoms with van der Waals surface area (Å²) in [5, 5.41) is 3.31. The zero-order chi connectivity index (χ0) is 21.2. The van der Waals surface area contributed by atoms with Crippen molar-refractivity contribution in [2.75, 3.05) is 13.6 Å². The van der Waals surface area contributed by atoms with Crippen LogP contribution in [0.2, 0.25) is 5.02 Å². The number of nitrogens with zero attached hydrogens (tertiary/aromatic N) is 2. The number of halogens is 2. The van der Waals surface area contributed by atoms with Crippen molar-refractivity contribution >= 4 is 45.4 Å². The molecular weight excluding hydrogens is 458 g/mol. The van der Waals surface area contributed by atoms with Gasteiger partial charge in [-0.25, -0.2) is 4.79 Å². The molecule has 1 aliphatic rings. The Balaban J connectivity index is 1.76. The van der Waals surface area contributed by atoms with Crippen molar-refractivity contribution in [1.29, 1.82) is 0 Å². The van der Waals surface area contributed by atoms with Crippen molar-refractivity contribution < 1.29 is 14.4 Å². The van der Waals surface area contributed by atoms with Gasteiger partial charge in [-0.05, 0) is 35.7 Å². The molecule has 1 saturated heterocycles. The molecule has 0 radical (unpaired) electrons. The van der Waals surface area contributed by atoms with Crippen LogP contribution in [0.4, 0.5) is 4.79 Å². The fourth-order valence-electron chi connectivity index (χ4n) is 3.37. The Hall–Kier alpha value is -2.38. The van der Waals surface area contributed by atoms with E-state index in [1.807, 2.05) is 31.2 Å². The van der Waals surface area contributed by atoms with Gasteiger partial charge in [0.2, 0.25) is 5.91 Å². The van der Waals surface area contributed by atoms with Crippen LogP contribution in [0.15, 0.2) is 53.0 Å². The van der Waals surface area contributed by atoms with Gasteiger partial charge < -0.3 is 10.2 Å². The number of benzene rings is 2. The molecule has 1 fully saturated rings. The Morgan fingerprint density at radius 2 is 1.83 bits per heavy atom. The molecule has 0 saturated carbocycles. The largest absolute Gasteiger partial charge is 0.340 e. The predicted octanol–water partition coefficient (Wildman–Crippen LogP) is 3.92.